The lowest BCUT2D eigenvalue weighted by molar-refractivity contribution is -0.110. The fourth-order valence-electron chi connectivity index (χ4n) is 1.85. The molecule has 3 nitrogen and oxygen atoms in total. The molecule has 0 spiro atoms. The van der Waals surface area contributed by atoms with Crippen molar-refractivity contribution in [2.24, 2.45) is 0 Å². The number of nitrogens with one attached hydrogen (secondary N) is 1. The molecule has 0 radical (unpaired) electrons. The van der Waals surface area contributed by atoms with Crippen molar-refractivity contribution >= 4 is 0 Å². The van der Waals surface area contributed by atoms with E-state index in [0.29, 0.717) is 18.6 Å². The topological polar surface area (TPSA) is 41.5 Å². The Morgan fingerprint density at radius 1 is 1.44 bits per heavy atom. The van der Waals surface area contributed by atoms with Crippen LogP contribution in [0.2, 0.25) is 0 Å². The summed E-state index contributed by atoms with van der Waals surface area (Å²) in [7, 11) is 0. The molecule has 2 unspecified atom stereocenters. The van der Waals surface area contributed by atoms with Crippen molar-refractivity contribution in [3.63, 3.8) is 0 Å². The van der Waals surface area contributed by atoms with E-state index in [-0.39, 0.29) is 11.9 Å². The third kappa shape index (κ3) is 2.78. The average Bonchev–Trinajstić information content (AvgIpc) is 2.48. The normalized spacial score (nSPS) is 26.4. The quantitative estimate of drug-likeness (QED) is 0.791. The number of hydrogen-bond acceptors (Lipinski definition) is 3. The first kappa shape index (κ1) is 11.5. The molecule has 1 aliphatic heterocycles. The van der Waals surface area contributed by atoms with Crippen molar-refractivity contribution in [1.29, 1.82) is 0 Å². The fraction of sp³-hybridized carbons (Fsp3) is 0.500. The third-order valence-corrected chi connectivity index (χ3v) is 2.76. The number of aliphatic hydroxyl groups is 1. The van der Waals surface area contributed by atoms with Gasteiger partial charge in [-0.3, -0.25) is 0 Å². The molecule has 0 bridgehead atoms. The highest BCUT2D eigenvalue weighted by Crippen LogP contribution is 2.13. The molecule has 1 fully saturated rings. The van der Waals surface area contributed by atoms with E-state index in [1.807, 2.05) is 0 Å². The Morgan fingerprint density at radius 3 is 3.06 bits per heavy atom. The van der Waals surface area contributed by atoms with Gasteiger partial charge < -0.3 is 15.2 Å². The van der Waals surface area contributed by atoms with E-state index in [4.69, 9.17) is 4.74 Å². The van der Waals surface area contributed by atoms with Gasteiger partial charge in [0.05, 0.1) is 12.6 Å². The van der Waals surface area contributed by atoms with Crippen LogP contribution in [0.3, 0.4) is 0 Å². The zero-order chi connectivity index (χ0) is 11.4. The van der Waals surface area contributed by atoms with Crippen LogP contribution in [0.4, 0.5) is 4.39 Å². The van der Waals surface area contributed by atoms with Crippen LogP contribution in [0.15, 0.2) is 24.3 Å². The van der Waals surface area contributed by atoms with E-state index >= 15 is 0 Å². The molecule has 0 saturated carbocycles. The first-order valence-electron chi connectivity index (χ1n) is 5.54. The number of ether oxygens (including phenoxy) is 1. The van der Waals surface area contributed by atoms with Crippen molar-refractivity contribution in [3.8, 4) is 0 Å². The maximum absolute atomic E-state index is 13.4. The summed E-state index contributed by atoms with van der Waals surface area (Å²) in [6, 6.07) is 6.38. The highest BCUT2D eigenvalue weighted by Gasteiger charge is 2.22. The van der Waals surface area contributed by atoms with Crippen LogP contribution in [0, 0.1) is 5.82 Å². The van der Waals surface area contributed by atoms with Gasteiger partial charge in [0.15, 0.2) is 6.29 Å². The highest BCUT2D eigenvalue weighted by atomic mass is 19.1. The van der Waals surface area contributed by atoms with E-state index in [2.05, 4.69) is 5.32 Å². The van der Waals surface area contributed by atoms with Gasteiger partial charge >= 0.3 is 0 Å². The maximum Gasteiger partial charge on any atom is 0.170 e. The molecular weight excluding hydrogens is 209 g/mol. The molecule has 1 heterocycles. The summed E-state index contributed by atoms with van der Waals surface area (Å²) in [5, 5.41) is 12.9. The average molecular weight is 225 g/mol. The van der Waals surface area contributed by atoms with Crippen LogP contribution in [0.1, 0.15) is 12.0 Å². The second-order valence-corrected chi connectivity index (χ2v) is 3.97. The Balaban J connectivity index is 2.05. The minimum absolute atomic E-state index is 0.235. The number of aliphatic hydroxyl groups excluding tert-OH is 1. The summed E-state index contributed by atoms with van der Waals surface area (Å²) in [5.74, 6) is -0.235. The second kappa shape index (κ2) is 5.39. The summed E-state index contributed by atoms with van der Waals surface area (Å²) in [6.07, 6.45) is 0.445. The summed E-state index contributed by atoms with van der Waals surface area (Å²) >= 11 is 0. The Morgan fingerprint density at radius 2 is 2.25 bits per heavy atom. The summed E-state index contributed by atoms with van der Waals surface area (Å²) in [5.41, 5.74) is 0.601. The maximum atomic E-state index is 13.4. The standard InChI is InChI=1S/C12H16FNO2/c13-10-5-2-1-4-9(10)8-11-12(15)16-7-3-6-14-11/h1-2,4-5,11-12,14-15H,3,6-8H2. The molecule has 16 heavy (non-hydrogen) atoms. The lowest BCUT2D eigenvalue weighted by Crippen LogP contribution is -2.41. The van der Waals surface area contributed by atoms with Gasteiger partial charge in [-0.15, -0.1) is 0 Å². The Kier molecular flexibility index (Phi) is 3.88. The van der Waals surface area contributed by atoms with Gasteiger partial charge in [-0.25, -0.2) is 4.39 Å². The lowest BCUT2D eigenvalue weighted by Gasteiger charge is -2.21. The van der Waals surface area contributed by atoms with E-state index in [9.17, 15) is 9.50 Å². The first-order valence-corrected chi connectivity index (χ1v) is 5.54. The minimum Gasteiger partial charge on any atom is -0.367 e. The Hall–Kier alpha value is -0.970. The minimum atomic E-state index is -0.859. The van der Waals surface area contributed by atoms with Crippen molar-refractivity contribution in [2.45, 2.75) is 25.2 Å². The predicted octanol–water partition coefficient (Wildman–Crippen LogP) is 1.07. The largest absolute Gasteiger partial charge is 0.367 e. The van der Waals surface area contributed by atoms with Gasteiger partial charge in [0.2, 0.25) is 0 Å². The fourth-order valence-corrected chi connectivity index (χ4v) is 1.85. The van der Waals surface area contributed by atoms with Crippen LogP contribution >= 0.6 is 0 Å². The van der Waals surface area contributed by atoms with Gasteiger partial charge in [0.1, 0.15) is 5.82 Å². The summed E-state index contributed by atoms with van der Waals surface area (Å²) in [4.78, 5) is 0. The highest BCUT2D eigenvalue weighted by molar-refractivity contribution is 5.18. The predicted molar refractivity (Wildman–Crippen MR) is 58.5 cm³/mol. The molecule has 2 atom stereocenters. The number of benzene rings is 1. The van der Waals surface area contributed by atoms with Crippen molar-refractivity contribution in [2.75, 3.05) is 13.2 Å². The summed E-state index contributed by atoms with van der Waals surface area (Å²) in [6.45, 7) is 1.33. The smallest absolute Gasteiger partial charge is 0.170 e. The van der Waals surface area contributed by atoms with Crippen molar-refractivity contribution < 1.29 is 14.2 Å². The van der Waals surface area contributed by atoms with E-state index in [1.54, 1.807) is 18.2 Å². The molecular formula is C12H16FNO2. The molecule has 4 heteroatoms. The molecule has 1 aromatic carbocycles. The molecule has 1 aromatic rings. The lowest BCUT2D eigenvalue weighted by atomic mass is 10.1. The summed E-state index contributed by atoms with van der Waals surface area (Å²) < 4.78 is 18.6. The van der Waals surface area contributed by atoms with Crippen LogP contribution < -0.4 is 5.32 Å². The van der Waals surface area contributed by atoms with Gasteiger partial charge in [0.25, 0.3) is 0 Å². The first-order chi connectivity index (χ1) is 7.77. The zero-order valence-corrected chi connectivity index (χ0v) is 9.03. The molecule has 2 N–H and O–H groups in total. The Bertz CT molecular complexity index is 346. The van der Waals surface area contributed by atoms with Gasteiger partial charge in [-0.2, -0.15) is 0 Å². The van der Waals surface area contributed by atoms with Gasteiger partial charge in [0, 0.05) is 0 Å². The number of hydrogen-bond donors (Lipinski definition) is 2. The monoisotopic (exact) mass is 225 g/mol. The molecule has 0 amide bonds. The molecule has 1 aliphatic rings. The van der Waals surface area contributed by atoms with Crippen LogP contribution in [0.25, 0.3) is 0 Å². The molecule has 0 aromatic heterocycles. The third-order valence-electron chi connectivity index (χ3n) is 2.76. The van der Waals surface area contributed by atoms with Gasteiger partial charge in [-0.05, 0) is 31.0 Å². The molecule has 2 rings (SSSR count). The zero-order valence-electron chi connectivity index (χ0n) is 9.03. The van der Waals surface area contributed by atoms with Crippen LogP contribution in [0.5, 0.6) is 0 Å². The SMILES string of the molecule is OC1OCCCNC1Cc1ccccc1F. The van der Waals surface area contributed by atoms with Crippen LogP contribution in [-0.4, -0.2) is 30.6 Å². The van der Waals surface area contributed by atoms with Gasteiger partial charge in [-0.1, -0.05) is 18.2 Å². The van der Waals surface area contributed by atoms with Crippen molar-refractivity contribution in [1.82, 2.24) is 5.32 Å². The van der Waals surface area contributed by atoms with Crippen molar-refractivity contribution in [3.05, 3.63) is 35.6 Å². The molecule has 88 valence electrons. The van der Waals surface area contributed by atoms with E-state index in [0.717, 1.165) is 13.0 Å². The number of halogens is 1. The second-order valence-electron chi connectivity index (χ2n) is 3.97. The number of rotatable bonds is 2. The van der Waals surface area contributed by atoms with E-state index < -0.39 is 6.29 Å². The molecule has 0 aliphatic carbocycles. The Labute approximate surface area is 94.2 Å². The van der Waals surface area contributed by atoms with E-state index in [1.165, 1.54) is 6.07 Å². The molecule has 1 saturated heterocycles. The van der Waals surface area contributed by atoms with Crippen LogP contribution in [-0.2, 0) is 11.2 Å².